The Bertz CT molecular complexity index is 461. The smallest absolute Gasteiger partial charge is 0.140 e. The van der Waals surface area contributed by atoms with Crippen molar-refractivity contribution in [3.05, 3.63) is 33.3 Å². The van der Waals surface area contributed by atoms with E-state index in [4.69, 9.17) is 11.6 Å². The number of benzene rings is 1. The van der Waals surface area contributed by atoms with Crippen LogP contribution in [0.25, 0.3) is 0 Å². The zero-order chi connectivity index (χ0) is 12.0. The maximum atomic E-state index is 12.2. The molecule has 0 amide bonds. The van der Waals surface area contributed by atoms with Crippen molar-refractivity contribution in [2.24, 2.45) is 17.8 Å². The molecule has 0 N–H and O–H groups in total. The van der Waals surface area contributed by atoms with Crippen LogP contribution in [0.5, 0.6) is 0 Å². The average Bonchev–Trinajstić information content (AvgIpc) is 2.77. The Morgan fingerprint density at radius 2 is 2.06 bits per heavy atom. The quantitative estimate of drug-likeness (QED) is 0.815. The lowest BCUT2D eigenvalue weighted by Gasteiger charge is -2.05. The molecule has 1 nitrogen and oxygen atoms in total. The molecule has 1 aromatic carbocycles. The van der Waals surface area contributed by atoms with Gasteiger partial charge < -0.3 is 0 Å². The van der Waals surface area contributed by atoms with Gasteiger partial charge in [0.25, 0.3) is 0 Å². The number of Topliss-reactive ketones (excluding diaryl/α,β-unsaturated/α-hetero) is 1. The van der Waals surface area contributed by atoms with Crippen LogP contribution in [0.15, 0.2) is 22.7 Å². The van der Waals surface area contributed by atoms with Crippen molar-refractivity contribution < 1.29 is 4.79 Å². The highest BCUT2D eigenvalue weighted by molar-refractivity contribution is 9.10. The maximum absolute atomic E-state index is 12.2. The van der Waals surface area contributed by atoms with Gasteiger partial charge in [-0.1, -0.05) is 40.0 Å². The number of halogens is 2. The predicted molar refractivity (Wildman–Crippen MR) is 72.2 cm³/mol. The summed E-state index contributed by atoms with van der Waals surface area (Å²) in [6, 6.07) is 5.75. The van der Waals surface area contributed by atoms with Gasteiger partial charge in [-0.3, -0.25) is 4.79 Å². The van der Waals surface area contributed by atoms with Crippen LogP contribution in [0.4, 0.5) is 0 Å². The van der Waals surface area contributed by atoms with Gasteiger partial charge in [0.15, 0.2) is 0 Å². The fourth-order valence-electron chi connectivity index (χ4n) is 3.27. The fraction of sp³-hybridized carbons (Fsp3) is 0.500. The molecule has 2 fully saturated rings. The molecule has 2 atom stereocenters. The highest BCUT2D eigenvalue weighted by Crippen LogP contribution is 2.58. The number of carbonyl (C=O) groups is 1. The molecule has 2 aliphatic carbocycles. The molecule has 2 saturated carbocycles. The van der Waals surface area contributed by atoms with Crippen molar-refractivity contribution in [2.45, 2.75) is 25.7 Å². The third kappa shape index (κ3) is 2.17. The first-order valence-electron chi connectivity index (χ1n) is 6.13. The fourth-order valence-corrected chi connectivity index (χ4v) is 4.01. The zero-order valence-corrected chi connectivity index (χ0v) is 11.8. The van der Waals surface area contributed by atoms with Crippen LogP contribution in [0.3, 0.4) is 0 Å². The maximum Gasteiger partial charge on any atom is 0.140 e. The molecule has 0 radical (unpaired) electrons. The van der Waals surface area contributed by atoms with Gasteiger partial charge in [0.1, 0.15) is 5.78 Å². The van der Waals surface area contributed by atoms with Crippen molar-refractivity contribution in [1.29, 1.82) is 0 Å². The molecule has 0 aromatic heterocycles. The van der Waals surface area contributed by atoms with E-state index in [0.29, 0.717) is 35.0 Å². The van der Waals surface area contributed by atoms with Gasteiger partial charge >= 0.3 is 0 Å². The molecule has 0 bridgehead atoms. The highest BCUT2D eigenvalue weighted by atomic mass is 79.9. The third-order valence-corrected chi connectivity index (χ3v) is 5.00. The van der Waals surface area contributed by atoms with Crippen LogP contribution in [0.2, 0.25) is 5.02 Å². The Kier molecular flexibility index (Phi) is 3.04. The molecular formula is C14H14BrClO. The van der Waals surface area contributed by atoms with E-state index in [-0.39, 0.29) is 0 Å². The summed E-state index contributed by atoms with van der Waals surface area (Å²) in [5.74, 6) is 2.15. The van der Waals surface area contributed by atoms with E-state index in [2.05, 4.69) is 15.9 Å². The third-order valence-electron chi connectivity index (χ3n) is 4.16. The van der Waals surface area contributed by atoms with Crippen LogP contribution in [-0.4, -0.2) is 5.78 Å². The Balaban J connectivity index is 1.69. The van der Waals surface area contributed by atoms with E-state index < -0.39 is 0 Å². The molecule has 2 aliphatic rings. The molecular weight excluding hydrogens is 300 g/mol. The molecule has 90 valence electrons. The predicted octanol–water partition coefficient (Wildman–Crippen LogP) is 4.26. The van der Waals surface area contributed by atoms with Crippen LogP contribution < -0.4 is 0 Å². The van der Waals surface area contributed by atoms with E-state index in [0.717, 1.165) is 10.0 Å². The Morgan fingerprint density at radius 3 is 2.71 bits per heavy atom. The van der Waals surface area contributed by atoms with Gasteiger partial charge in [-0.25, -0.2) is 0 Å². The Morgan fingerprint density at radius 1 is 1.35 bits per heavy atom. The summed E-state index contributed by atoms with van der Waals surface area (Å²) in [5.41, 5.74) is 0.963. The van der Waals surface area contributed by atoms with Crippen molar-refractivity contribution >= 4 is 33.3 Å². The molecule has 0 saturated heterocycles. The van der Waals surface area contributed by atoms with Gasteiger partial charge in [-0.05, 0) is 42.4 Å². The number of hydrogen-bond donors (Lipinski definition) is 0. The lowest BCUT2D eigenvalue weighted by atomic mass is 10.0. The van der Waals surface area contributed by atoms with Crippen molar-refractivity contribution in [2.75, 3.05) is 0 Å². The second-order valence-corrected chi connectivity index (χ2v) is 6.49. The highest BCUT2D eigenvalue weighted by Gasteiger charge is 2.55. The van der Waals surface area contributed by atoms with Gasteiger partial charge in [-0.2, -0.15) is 0 Å². The van der Waals surface area contributed by atoms with E-state index in [9.17, 15) is 4.79 Å². The standard InChI is InChI=1S/C14H14BrClO/c15-9-5-4-8(12(16)7-9)6-13(17)14-10-2-1-3-11(10)14/h4-5,7,10-11,14H,1-3,6H2. The Labute approximate surface area is 115 Å². The second-order valence-electron chi connectivity index (χ2n) is 5.16. The summed E-state index contributed by atoms with van der Waals surface area (Å²) < 4.78 is 0.960. The lowest BCUT2D eigenvalue weighted by Crippen LogP contribution is -2.09. The van der Waals surface area contributed by atoms with Gasteiger partial charge in [0.05, 0.1) is 0 Å². The van der Waals surface area contributed by atoms with Crippen LogP contribution in [-0.2, 0) is 11.2 Å². The lowest BCUT2D eigenvalue weighted by molar-refractivity contribution is -0.120. The molecule has 3 heteroatoms. The first kappa shape index (κ1) is 11.7. The van der Waals surface area contributed by atoms with Crippen LogP contribution in [0, 0.1) is 17.8 Å². The van der Waals surface area contributed by atoms with Crippen LogP contribution >= 0.6 is 27.5 Å². The normalized spacial score (nSPS) is 30.1. The van der Waals surface area contributed by atoms with E-state index in [1.165, 1.54) is 19.3 Å². The van der Waals surface area contributed by atoms with Crippen LogP contribution in [0.1, 0.15) is 24.8 Å². The van der Waals surface area contributed by atoms with Crippen molar-refractivity contribution in [3.63, 3.8) is 0 Å². The molecule has 0 spiro atoms. The molecule has 1 aromatic rings. The van der Waals surface area contributed by atoms with Crippen molar-refractivity contribution in [3.8, 4) is 0 Å². The number of fused-ring (bicyclic) bond motifs is 1. The summed E-state index contributed by atoms with van der Waals surface area (Å²) in [4.78, 5) is 12.2. The molecule has 2 unspecified atom stereocenters. The topological polar surface area (TPSA) is 17.1 Å². The monoisotopic (exact) mass is 312 g/mol. The van der Waals surface area contributed by atoms with E-state index >= 15 is 0 Å². The number of carbonyl (C=O) groups excluding carboxylic acids is 1. The summed E-state index contributed by atoms with van der Waals surface area (Å²) >= 11 is 9.51. The average molecular weight is 314 g/mol. The molecule has 0 heterocycles. The summed E-state index contributed by atoms with van der Waals surface area (Å²) in [7, 11) is 0. The minimum atomic E-state index is 0.350. The SMILES string of the molecule is O=C(Cc1ccc(Br)cc1Cl)C1C2CCCC21. The number of hydrogen-bond acceptors (Lipinski definition) is 1. The molecule has 0 aliphatic heterocycles. The van der Waals surface area contributed by atoms with Gasteiger partial charge in [0, 0.05) is 21.8 Å². The summed E-state index contributed by atoms with van der Waals surface area (Å²) in [6.45, 7) is 0. The minimum absolute atomic E-state index is 0.350. The van der Waals surface area contributed by atoms with E-state index in [1.807, 2.05) is 18.2 Å². The first-order valence-corrected chi connectivity index (χ1v) is 7.30. The van der Waals surface area contributed by atoms with E-state index in [1.54, 1.807) is 0 Å². The number of ketones is 1. The largest absolute Gasteiger partial charge is 0.299 e. The number of rotatable bonds is 3. The first-order chi connectivity index (χ1) is 8.16. The molecule has 3 rings (SSSR count). The molecule has 17 heavy (non-hydrogen) atoms. The Hall–Kier alpha value is -0.340. The van der Waals surface area contributed by atoms with Gasteiger partial charge in [0.2, 0.25) is 0 Å². The van der Waals surface area contributed by atoms with Gasteiger partial charge in [-0.15, -0.1) is 0 Å². The second kappa shape index (κ2) is 4.40. The summed E-state index contributed by atoms with van der Waals surface area (Å²) in [6.07, 6.45) is 4.34. The minimum Gasteiger partial charge on any atom is -0.299 e. The zero-order valence-electron chi connectivity index (χ0n) is 9.46. The van der Waals surface area contributed by atoms with Crippen molar-refractivity contribution in [1.82, 2.24) is 0 Å². The summed E-state index contributed by atoms with van der Waals surface area (Å²) in [5, 5.41) is 0.693.